The molecule has 14 heavy (non-hydrogen) atoms. The number of rotatable bonds is 2. The Morgan fingerprint density at radius 3 is 2.79 bits per heavy atom. The van der Waals surface area contributed by atoms with Gasteiger partial charge in [0.1, 0.15) is 5.78 Å². The van der Waals surface area contributed by atoms with Gasteiger partial charge in [0.25, 0.3) is 0 Å². The minimum Gasteiger partial charge on any atom is -0.466 e. The summed E-state index contributed by atoms with van der Waals surface area (Å²) in [6, 6.07) is 0. The van der Waals surface area contributed by atoms with Gasteiger partial charge in [-0.15, -0.1) is 0 Å². The van der Waals surface area contributed by atoms with E-state index >= 15 is 0 Å². The maximum atomic E-state index is 11.4. The number of methoxy groups -OCH3 is 1. The van der Waals surface area contributed by atoms with Crippen LogP contribution < -0.4 is 0 Å². The van der Waals surface area contributed by atoms with Crippen LogP contribution in [0.3, 0.4) is 0 Å². The summed E-state index contributed by atoms with van der Waals surface area (Å²) in [5.74, 6) is -0.161. The van der Waals surface area contributed by atoms with Gasteiger partial charge in [0.15, 0.2) is 0 Å². The molecule has 0 N–H and O–H groups in total. The van der Waals surface area contributed by atoms with Gasteiger partial charge in [-0.3, -0.25) is 4.79 Å². The molecule has 0 amide bonds. The molecule has 0 radical (unpaired) electrons. The van der Waals surface area contributed by atoms with E-state index < -0.39 is 0 Å². The maximum Gasteiger partial charge on any atom is 0.333 e. The fourth-order valence-corrected chi connectivity index (χ4v) is 1.72. The number of carbonyl (C=O) groups excluding carboxylic acids is 2. The summed E-state index contributed by atoms with van der Waals surface area (Å²) in [4.78, 5) is 22.5. The minimum absolute atomic E-state index is 0.0668. The lowest BCUT2D eigenvalue weighted by Gasteiger charge is -2.17. The topological polar surface area (TPSA) is 43.4 Å². The lowest BCUT2D eigenvalue weighted by molar-refractivity contribution is -0.136. The van der Waals surface area contributed by atoms with Crippen LogP contribution in [0.15, 0.2) is 11.6 Å². The highest BCUT2D eigenvalue weighted by Gasteiger charge is 2.21. The molecule has 0 bridgehead atoms. The molecule has 0 heterocycles. The van der Waals surface area contributed by atoms with Crippen molar-refractivity contribution in [3.05, 3.63) is 11.6 Å². The lowest BCUT2D eigenvalue weighted by Crippen LogP contribution is -2.18. The summed E-state index contributed by atoms with van der Waals surface area (Å²) in [6.45, 7) is 1.69. The van der Waals surface area contributed by atoms with E-state index in [1.807, 2.05) is 0 Å². The van der Waals surface area contributed by atoms with Gasteiger partial charge in [-0.05, 0) is 19.8 Å². The van der Waals surface area contributed by atoms with Crippen LogP contribution >= 0.6 is 0 Å². The zero-order chi connectivity index (χ0) is 10.6. The Morgan fingerprint density at radius 2 is 2.21 bits per heavy atom. The van der Waals surface area contributed by atoms with Crippen molar-refractivity contribution in [3.63, 3.8) is 0 Å². The quantitative estimate of drug-likeness (QED) is 0.500. The second-order valence-corrected chi connectivity index (χ2v) is 3.66. The Labute approximate surface area is 84.1 Å². The van der Waals surface area contributed by atoms with Gasteiger partial charge >= 0.3 is 5.97 Å². The number of hydrogen-bond donors (Lipinski definition) is 0. The molecule has 3 nitrogen and oxygen atoms in total. The van der Waals surface area contributed by atoms with Gasteiger partial charge in [0, 0.05) is 17.9 Å². The molecule has 1 rings (SSSR count). The fourth-order valence-electron chi connectivity index (χ4n) is 1.72. The van der Waals surface area contributed by atoms with Crippen molar-refractivity contribution in [3.8, 4) is 0 Å². The van der Waals surface area contributed by atoms with Crippen molar-refractivity contribution in [2.24, 2.45) is 5.92 Å². The van der Waals surface area contributed by atoms with Crippen molar-refractivity contribution < 1.29 is 14.3 Å². The molecule has 78 valence electrons. The smallest absolute Gasteiger partial charge is 0.333 e. The van der Waals surface area contributed by atoms with Gasteiger partial charge in [-0.1, -0.05) is 12.5 Å². The third-order valence-corrected chi connectivity index (χ3v) is 2.56. The van der Waals surface area contributed by atoms with Gasteiger partial charge < -0.3 is 4.74 Å². The van der Waals surface area contributed by atoms with Crippen LogP contribution in [0.5, 0.6) is 0 Å². The second kappa shape index (κ2) is 4.94. The summed E-state index contributed by atoms with van der Waals surface area (Å²) in [7, 11) is 1.35. The molecule has 0 aliphatic heterocycles. The highest BCUT2D eigenvalue weighted by atomic mass is 16.5. The summed E-state index contributed by atoms with van der Waals surface area (Å²) < 4.78 is 4.57. The Kier molecular flexibility index (Phi) is 3.86. The number of hydrogen-bond acceptors (Lipinski definition) is 3. The number of allylic oxidation sites excluding steroid dienone is 1. The van der Waals surface area contributed by atoms with Crippen LogP contribution in [0.2, 0.25) is 0 Å². The molecule has 3 heteroatoms. The van der Waals surface area contributed by atoms with E-state index in [1.165, 1.54) is 7.11 Å². The third kappa shape index (κ3) is 2.69. The fraction of sp³-hybridized carbons (Fsp3) is 0.636. The number of carbonyl (C=O) groups is 2. The van der Waals surface area contributed by atoms with E-state index in [0.717, 1.165) is 19.3 Å². The Morgan fingerprint density at radius 1 is 1.50 bits per heavy atom. The molecule has 1 aliphatic rings. The van der Waals surface area contributed by atoms with E-state index in [9.17, 15) is 9.59 Å². The largest absolute Gasteiger partial charge is 0.466 e. The molecular formula is C11H16O3. The lowest BCUT2D eigenvalue weighted by atomic mass is 9.87. The number of ketones is 1. The van der Waals surface area contributed by atoms with Gasteiger partial charge in [-0.2, -0.15) is 0 Å². The van der Waals surface area contributed by atoms with E-state index in [2.05, 4.69) is 4.74 Å². The van der Waals surface area contributed by atoms with Gasteiger partial charge in [0.2, 0.25) is 0 Å². The van der Waals surface area contributed by atoms with E-state index in [1.54, 1.807) is 13.0 Å². The van der Waals surface area contributed by atoms with Crippen LogP contribution in [-0.2, 0) is 14.3 Å². The predicted molar refractivity (Wildman–Crippen MR) is 52.7 cm³/mol. The first kappa shape index (κ1) is 11.0. The molecular weight excluding hydrogens is 180 g/mol. The third-order valence-electron chi connectivity index (χ3n) is 2.56. The van der Waals surface area contributed by atoms with Crippen LogP contribution in [0.4, 0.5) is 0 Å². The zero-order valence-corrected chi connectivity index (χ0v) is 8.71. The van der Waals surface area contributed by atoms with Crippen molar-refractivity contribution in [1.82, 2.24) is 0 Å². The SMILES string of the molecule is COC(=O)/C(C)=C/C1CCCCC1=O. The van der Waals surface area contributed by atoms with Crippen molar-refractivity contribution in [2.45, 2.75) is 32.6 Å². The Hall–Kier alpha value is -1.12. The van der Waals surface area contributed by atoms with Gasteiger partial charge in [-0.25, -0.2) is 4.79 Å². The second-order valence-electron chi connectivity index (χ2n) is 3.66. The molecule has 0 aromatic heterocycles. The van der Waals surface area contributed by atoms with Crippen LogP contribution in [-0.4, -0.2) is 18.9 Å². The summed E-state index contributed by atoms with van der Waals surface area (Å²) >= 11 is 0. The number of Topliss-reactive ketones (excluding diaryl/α,β-unsaturated/α-hetero) is 1. The molecule has 1 fully saturated rings. The summed E-state index contributed by atoms with van der Waals surface area (Å²) in [5.41, 5.74) is 0.535. The maximum absolute atomic E-state index is 11.4. The van der Waals surface area contributed by atoms with Crippen molar-refractivity contribution in [1.29, 1.82) is 0 Å². The first-order chi connectivity index (χ1) is 6.65. The molecule has 0 saturated heterocycles. The Balaban J connectivity index is 2.64. The van der Waals surface area contributed by atoms with Gasteiger partial charge in [0.05, 0.1) is 7.11 Å². The summed E-state index contributed by atoms with van der Waals surface area (Å²) in [6.07, 6.45) is 5.32. The zero-order valence-electron chi connectivity index (χ0n) is 8.71. The van der Waals surface area contributed by atoms with Crippen LogP contribution in [0, 0.1) is 5.92 Å². The Bertz CT molecular complexity index is 266. The molecule has 0 aromatic carbocycles. The van der Waals surface area contributed by atoms with Crippen molar-refractivity contribution >= 4 is 11.8 Å². The molecule has 0 spiro atoms. The van der Waals surface area contributed by atoms with E-state index in [0.29, 0.717) is 12.0 Å². The first-order valence-electron chi connectivity index (χ1n) is 4.94. The minimum atomic E-state index is -0.344. The number of esters is 1. The highest BCUT2D eigenvalue weighted by Crippen LogP contribution is 2.22. The van der Waals surface area contributed by atoms with Crippen LogP contribution in [0.25, 0.3) is 0 Å². The molecule has 1 aliphatic carbocycles. The van der Waals surface area contributed by atoms with Crippen LogP contribution in [0.1, 0.15) is 32.6 Å². The molecule has 0 aromatic rings. The standard InChI is InChI=1S/C11H16O3/c1-8(11(13)14-2)7-9-5-3-4-6-10(9)12/h7,9H,3-6H2,1-2H3/b8-7+. The monoisotopic (exact) mass is 196 g/mol. The molecule has 1 unspecified atom stereocenters. The average Bonchev–Trinajstić information content (AvgIpc) is 2.20. The number of ether oxygens (including phenoxy) is 1. The van der Waals surface area contributed by atoms with Crippen molar-refractivity contribution in [2.75, 3.05) is 7.11 Å². The van der Waals surface area contributed by atoms with E-state index in [4.69, 9.17) is 0 Å². The highest BCUT2D eigenvalue weighted by molar-refractivity contribution is 5.90. The average molecular weight is 196 g/mol. The summed E-state index contributed by atoms with van der Waals surface area (Å²) in [5, 5.41) is 0. The van der Waals surface area contributed by atoms with E-state index in [-0.39, 0.29) is 17.7 Å². The predicted octanol–water partition coefficient (Wildman–Crippen LogP) is 1.86. The molecule has 1 saturated carbocycles. The molecule has 1 atom stereocenters. The normalized spacial score (nSPS) is 23.4. The first-order valence-corrected chi connectivity index (χ1v) is 4.94.